The van der Waals surface area contributed by atoms with E-state index in [2.05, 4.69) is 33.7 Å². The van der Waals surface area contributed by atoms with Crippen LogP contribution in [0.4, 0.5) is 0 Å². The zero-order chi connectivity index (χ0) is 13.0. The first kappa shape index (κ1) is 13.1. The van der Waals surface area contributed by atoms with E-state index in [1.54, 1.807) is 0 Å². The van der Waals surface area contributed by atoms with Gasteiger partial charge in [0.15, 0.2) is 0 Å². The lowest BCUT2D eigenvalue weighted by atomic mass is 9.97. The highest BCUT2D eigenvalue weighted by Gasteiger charge is 2.20. The number of nitrogens with one attached hydrogen (secondary N) is 2. The minimum atomic E-state index is -0.585. The lowest BCUT2D eigenvalue weighted by molar-refractivity contribution is 0.0323. The molecule has 0 saturated heterocycles. The number of H-pyrrole nitrogens is 1. The SMILES string of the molecule is CCC(O)(CC)CNCc1ccc2cn[nH]c2c1. The van der Waals surface area contributed by atoms with Crippen molar-refractivity contribution in [1.29, 1.82) is 0 Å². The summed E-state index contributed by atoms with van der Waals surface area (Å²) in [7, 11) is 0. The van der Waals surface area contributed by atoms with Gasteiger partial charge in [-0.1, -0.05) is 26.0 Å². The van der Waals surface area contributed by atoms with Crippen molar-refractivity contribution in [2.45, 2.75) is 38.8 Å². The van der Waals surface area contributed by atoms with Crippen LogP contribution in [-0.2, 0) is 6.54 Å². The summed E-state index contributed by atoms with van der Waals surface area (Å²) in [5.74, 6) is 0. The van der Waals surface area contributed by atoms with E-state index < -0.39 is 5.60 Å². The van der Waals surface area contributed by atoms with Crippen molar-refractivity contribution in [2.75, 3.05) is 6.54 Å². The molecule has 0 radical (unpaired) electrons. The molecule has 2 rings (SSSR count). The molecule has 4 heteroatoms. The monoisotopic (exact) mass is 247 g/mol. The predicted molar refractivity (Wildman–Crippen MR) is 73.3 cm³/mol. The van der Waals surface area contributed by atoms with Crippen molar-refractivity contribution >= 4 is 10.9 Å². The second-order valence-electron chi connectivity index (χ2n) is 4.83. The van der Waals surface area contributed by atoms with Gasteiger partial charge >= 0.3 is 0 Å². The van der Waals surface area contributed by atoms with Gasteiger partial charge in [0.2, 0.25) is 0 Å². The summed E-state index contributed by atoms with van der Waals surface area (Å²) < 4.78 is 0. The summed E-state index contributed by atoms with van der Waals surface area (Å²) in [6, 6.07) is 6.23. The molecule has 0 aliphatic carbocycles. The normalized spacial score (nSPS) is 12.2. The van der Waals surface area contributed by atoms with Gasteiger partial charge < -0.3 is 10.4 Å². The Morgan fingerprint density at radius 1 is 1.33 bits per heavy atom. The highest BCUT2D eigenvalue weighted by molar-refractivity contribution is 5.78. The first-order valence-corrected chi connectivity index (χ1v) is 6.52. The van der Waals surface area contributed by atoms with Gasteiger partial charge in [-0.2, -0.15) is 5.10 Å². The van der Waals surface area contributed by atoms with Crippen LogP contribution in [0.15, 0.2) is 24.4 Å². The Balaban J connectivity index is 1.93. The van der Waals surface area contributed by atoms with E-state index >= 15 is 0 Å². The zero-order valence-corrected chi connectivity index (χ0v) is 11.0. The lowest BCUT2D eigenvalue weighted by Gasteiger charge is -2.25. The average molecular weight is 247 g/mol. The van der Waals surface area contributed by atoms with E-state index in [9.17, 15) is 5.11 Å². The summed E-state index contributed by atoms with van der Waals surface area (Å²) in [4.78, 5) is 0. The van der Waals surface area contributed by atoms with Gasteiger partial charge in [0, 0.05) is 18.5 Å². The maximum absolute atomic E-state index is 10.2. The van der Waals surface area contributed by atoms with Crippen LogP contribution in [0.5, 0.6) is 0 Å². The zero-order valence-electron chi connectivity index (χ0n) is 11.0. The minimum absolute atomic E-state index is 0.585. The van der Waals surface area contributed by atoms with Gasteiger partial charge in [-0.3, -0.25) is 5.10 Å². The Bertz CT molecular complexity index is 502. The molecule has 4 nitrogen and oxygen atoms in total. The number of fused-ring (bicyclic) bond motifs is 1. The summed E-state index contributed by atoms with van der Waals surface area (Å²) in [5, 5.41) is 21.6. The number of hydrogen-bond acceptors (Lipinski definition) is 3. The second kappa shape index (κ2) is 5.50. The molecule has 0 fully saturated rings. The predicted octanol–water partition coefficient (Wildman–Crippen LogP) is 2.20. The van der Waals surface area contributed by atoms with E-state index in [1.807, 2.05) is 20.0 Å². The molecular formula is C14H21N3O. The van der Waals surface area contributed by atoms with Crippen LogP contribution in [-0.4, -0.2) is 27.4 Å². The summed E-state index contributed by atoms with van der Waals surface area (Å²) in [6.07, 6.45) is 3.37. The van der Waals surface area contributed by atoms with Gasteiger partial charge in [0.25, 0.3) is 0 Å². The largest absolute Gasteiger partial charge is 0.389 e. The van der Waals surface area contributed by atoms with Crippen LogP contribution >= 0.6 is 0 Å². The molecule has 0 bridgehead atoms. The van der Waals surface area contributed by atoms with Crippen molar-refractivity contribution in [2.24, 2.45) is 0 Å². The Kier molecular flexibility index (Phi) is 3.99. The number of aromatic amines is 1. The molecule has 98 valence electrons. The van der Waals surface area contributed by atoms with E-state index in [-0.39, 0.29) is 0 Å². The Morgan fingerprint density at radius 3 is 2.83 bits per heavy atom. The molecule has 1 aromatic heterocycles. The van der Waals surface area contributed by atoms with Crippen LogP contribution < -0.4 is 5.32 Å². The summed E-state index contributed by atoms with van der Waals surface area (Å²) in [6.45, 7) is 5.42. The van der Waals surface area contributed by atoms with E-state index in [0.29, 0.717) is 6.54 Å². The number of aliphatic hydroxyl groups is 1. The summed E-state index contributed by atoms with van der Waals surface area (Å²) in [5.41, 5.74) is 1.66. The fourth-order valence-electron chi connectivity index (χ4n) is 2.03. The highest BCUT2D eigenvalue weighted by Crippen LogP contribution is 2.15. The molecule has 0 amide bonds. The van der Waals surface area contributed by atoms with Crippen LogP contribution in [0.3, 0.4) is 0 Å². The Hall–Kier alpha value is -1.39. The number of benzene rings is 1. The van der Waals surface area contributed by atoms with Gasteiger partial charge in [-0.25, -0.2) is 0 Å². The topological polar surface area (TPSA) is 60.9 Å². The molecule has 0 aliphatic heterocycles. The van der Waals surface area contributed by atoms with E-state index in [0.717, 1.165) is 30.3 Å². The third kappa shape index (κ3) is 2.89. The molecule has 18 heavy (non-hydrogen) atoms. The fraction of sp³-hybridized carbons (Fsp3) is 0.500. The Labute approximate surface area is 107 Å². The van der Waals surface area contributed by atoms with Crippen LogP contribution in [0.1, 0.15) is 32.3 Å². The van der Waals surface area contributed by atoms with Gasteiger partial charge in [-0.15, -0.1) is 0 Å². The Morgan fingerprint density at radius 2 is 2.11 bits per heavy atom. The third-order valence-corrected chi connectivity index (χ3v) is 3.61. The van der Waals surface area contributed by atoms with Gasteiger partial charge in [0.1, 0.15) is 0 Å². The fourth-order valence-corrected chi connectivity index (χ4v) is 2.03. The number of nitrogens with zero attached hydrogens (tertiary/aromatic N) is 1. The quantitative estimate of drug-likeness (QED) is 0.733. The van der Waals surface area contributed by atoms with Crippen LogP contribution in [0, 0.1) is 0 Å². The molecule has 1 aromatic carbocycles. The summed E-state index contributed by atoms with van der Waals surface area (Å²) >= 11 is 0. The van der Waals surface area contributed by atoms with Crippen LogP contribution in [0.25, 0.3) is 10.9 Å². The maximum atomic E-state index is 10.2. The standard InChI is InChI=1S/C14H21N3O/c1-3-14(18,4-2)10-15-8-11-5-6-12-9-16-17-13(12)7-11/h5-7,9,15,18H,3-4,8,10H2,1-2H3,(H,16,17). The third-order valence-electron chi connectivity index (χ3n) is 3.61. The molecule has 0 saturated carbocycles. The van der Waals surface area contributed by atoms with Crippen molar-refractivity contribution in [3.8, 4) is 0 Å². The minimum Gasteiger partial charge on any atom is -0.389 e. The second-order valence-corrected chi connectivity index (χ2v) is 4.83. The van der Waals surface area contributed by atoms with Gasteiger partial charge in [0.05, 0.1) is 17.3 Å². The molecule has 2 aromatic rings. The molecule has 0 spiro atoms. The van der Waals surface area contributed by atoms with Crippen molar-refractivity contribution in [3.63, 3.8) is 0 Å². The van der Waals surface area contributed by atoms with Crippen molar-refractivity contribution < 1.29 is 5.11 Å². The number of hydrogen-bond donors (Lipinski definition) is 3. The first-order chi connectivity index (χ1) is 8.67. The highest BCUT2D eigenvalue weighted by atomic mass is 16.3. The molecular weight excluding hydrogens is 226 g/mol. The van der Waals surface area contributed by atoms with Gasteiger partial charge in [-0.05, 0) is 24.5 Å². The first-order valence-electron chi connectivity index (χ1n) is 6.52. The van der Waals surface area contributed by atoms with Crippen molar-refractivity contribution in [3.05, 3.63) is 30.0 Å². The molecule has 1 heterocycles. The van der Waals surface area contributed by atoms with E-state index in [4.69, 9.17) is 0 Å². The molecule has 0 atom stereocenters. The molecule has 0 aliphatic rings. The average Bonchev–Trinajstić information content (AvgIpc) is 2.86. The number of rotatable bonds is 6. The van der Waals surface area contributed by atoms with E-state index in [1.165, 1.54) is 5.56 Å². The molecule has 3 N–H and O–H groups in total. The van der Waals surface area contributed by atoms with Crippen molar-refractivity contribution in [1.82, 2.24) is 15.5 Å². The van der Waals surface area contributed by atoms with Crippen LogP contribution in [0.2, 0.25) is 0 Å². The maximum Gasteiger partial charge on any atom is 0.0766 e. The number of aromatic nitrogens is 2. The molecule has 0 unspecified atom stereocenters. The smallest absolute Gasteiger partial charge is 0.0766 e. The lowest BCUT2D eigenvalue weighted by Crippen LogP contribution is -2.39.